The van der Waals surface area contributed by atoms with Gasteiger partial charge in [0.05, 0.1) is 11.6 Å². The summed E-state index contributed by atoms with van der Waals surface area (Å²) in [5, 5.41) is 41.7. The Bertz CT molecular complexity index is 1190. The van der Waals surface area contributed by atoms with Gasteiger partial charge in [0.1, 0.15) is 23.8 Å². The molecule has 0 aliphatic carbocycles. The van der Waals surface area contributed by atoms with Gasteiger partial charge in [0.2, 0.25) is 11.9 Å². The van der Waals surface area contributed by atoms with Crippen LogP contribution in [0.2, 0.25) is 5.02 Å². The van der Waals surface area contributed by atoms with Crippen LogP contribution >= 0.6 is 19.3 Å². The molecule has 3 unspecified atom stereocenters. The van der Waals surface area contributed by atoms with Gasteiger partial charge in [0, 0.05) is 19.3 Å². The highest BCUT2D eigenvalue weighted by Gasteiger charge is 2.30. The molecule has 17 nitrogen and oxygen atoms in total. The van der Waals surface area contributed by atoms with Crippen molar-refractivity contribution in [3.8, 4) is 0 Å². The Balaban J connectivity index is 2.65. The van der Waals surface area contributed by atoms with E-state index in [9.17, 15) is 52.8 Å². The Kier molecular flexibility index (Phi) is 13.5. The first-order chi connectivity index (χ1) is 18.5. The van der Waals surface area contributed by atoms with Crippen LogP contribution in [-0.2, 0) is 33.1 Å². The summed E-state index contributed by atoms with van der Waals surface area (Å²) in [4.78, 5) is 82.1. The van der Waals surface area contributed by atoms with Gasteiger partial charge in [-0.15, -0.1) is 0 Å². The van der Waals surface area contributed by atoms with E-state index in [0.717, 1.165) is 12.1 Å². The van der Waals surface area contributed by atoms with Gasteiger partial charge in [-0.2, -0.15) is 4.39 Å². The molecular weight excluding hydrogens is 590 g/mol. The highest BCUT2D eigenvalue weighted by atomic mass is 35.5. The van der Waals surface area contributed by atoms with Gasteiger partial charge in [0.25, 0.3) is 5.91 Å². The molecule has 2 amide bonds. The number of aromatic nitrogens is 1. The molecule has 1 aromatic heterocycles. The number of carboxylic acids is 4. The van der Waals surface area contributed by atoms with Crippen LogP contribution in [0.4, 0.5) is 4.39 Å². The summed E-state index contributed by atoms with van der Waals surface area (Å²) in [5.74, 6) is -9.38. The summed E-state index contributed by atoms with van der Waals surface area (Å²) in [7, 11) is -4.84. The van der Waals surface area contributed by atoms with Crippen LogP contribution in [0.25, 0.3) is 0 Å². The van der Waals surface area contributed by atoms with Crippen LogP contribution in [0, 0.1) is 5.95 Å². The number of carboxylic acid groups (broad SMARTS) is 4. The number of pyridine rings is 1. The Morgan fingerprint density at radius 3 is 1.98 bits per heavy atom. The average molecular weight is 615 g/mol. The van der Waals surface area contributed by atoms with Gasteiger partial charge >= 0.3 is 31.6 Å². The zero-order valence-corrected chi connectivity index (χ0v) is 21.9. The van der Waals surface area contributed by atoms with Crippen molar-refractivity contribution >= 4 is 55.0 Å². The molecule has 0 saturated carbocycles. The highest BCUT2D eigenvalue weighted by molar-refractivity contribution is 7.50. The van der Waals surface area contributed by atoms with Gasteiger partial charge in [-0.05, 0) is 25.0 Å². The van der Waals surface area contributed by atoms with Crippen molar-refractivity contribution in [1.82, 2.24) is 20.7 Å². The summed E-state index contributed by atoms with van der Waals surface area (Å²) >= 11 is 5.47. The summed E-state index contributed by atoms with van der Waals surface area (Å²) in [6, 6.07) is -3.05. The minimum absolute atomic E-state index is 0.375. The molecule has 4 atom stereocenters. The summed E-state index contributed by atoms with van der Waals surface area (Å²) < 4.78 is 30.1. The molecule has 8 N–H and O–H groups in total. The number of nitrogens with one attached hydrogen (secondary N) is 3. The third-order valence-electron chi connectivity index (χ3n) is 4.87. The Morgan fingerprint density at radius 2 is 1.45 bits per heavy atom. The van der Waals surface area contributed by atoms with Crippen molar-refractivity contribution in [2.45, 2.75) is 50.2 Å². The maximum atomic E-state index is 13.4. The van der Waals surface area contributed by atoms with Gasteiger partial charge in [-0.3, -0.25) is 23.7 Å². The number of hydrogen-bond donors (Lipinski definition) is 8. The van der Waals surface area contributed by atoms with Gasteiger partial charge in [0.15, 0.2) is 0 Å². The molecule has 1 heterocycles. The second-order valence-electron chi connectivity index (χ2n) is 7.93. The number of aliphatic carboxylic acids is 4. The van der Waals surface area contributed by atoms with Crippen molar-refractivity contribution in [1.29, 1.82) is 0 Å². The van der Waals surface area contributed by atoms with Crippen LogP contribution < -0.4 is 15.7 Å². The van der Waals surface area contributed by atoms with Crippen LogP contribution in [0.1, 0.15) is 42.6 Å². The number of amides is 2. The highest BCUT2D eigenvalue weighted by Crippen LogP contribution is 2.38. The quantitative estimate of drug-likeness (QED) is 0.0786. The van der Waals surface area contributed by atoms with Crippen molar-refractivity contribution in [2.24, 2.45) is 0 Å². The van der Waals surface area contributed by atoms with Crippen LogP contribution in [0.15, 0.2) is 12.1 Å². The second kappa shape index (κ2) is 15.8. The molecular formula is C20H25ClFN4O13P. The van der Waals surface area contributed by atoms with E-state index >= 15 is 0 Å². The monoisotopic (exact) mass is 614 g/mol. The van der Waals surface area contributed by atoms with Gasteiger partial charge in [-0.1, -0.05) is 11.6 Å². The van der Waals surface area contributed by atoms with Crippen LogP contribution in [-0.4, -0.2) is 90.7 Å². The molecule has 40 heavy (non-hydrogen) atoms. The minimum Gasteiger partial charge on any atom is -0.481 e. The second-order valence-corrected chi connectivity index (χ2v) is 9.89. The Labute approximate surface area is 229 Å². The fourth-order valence-electron chi connectivity index (χ4n) is 2.87. The molecule has 0 saturated heterocycles. The standard InChI is InChI=1S/C20H25ClFN4O13P/c21-9-1-2-10(24-16(9)22)17(30)25-11(18(31)32)3-5-14(27)23-12(19(33)34)7-8-39-40(37,38)26-13(20(35)36)4-6-15(28)29/h1-2,11-13H,3-8H2,(H,23,27)(H,25,30)(H,28,29)(H,31,32)(H,33,34)(H,35,36)(H2,26,37,38)/t11-,12?,13?/m0/s1. The number of carbonyl (C=O) groups excluding carboxylic acids is 2. The van der Waals surface area contributed by atoms with Gasteiger partial charge in [-0.25, -0.2) is 24.2 Å². The van der Waals surface area contributed by atoms with E-state index in [0.29, 0.717) is 0 Å². The lowest BCUT2D eigenvalue weighted by atomic mass is 10.1. The first-order valence-corrected chi connectivity index (χ1v) is 13.1. The van der Waals surface area contributed by atoms with E-state index in [4.69, 9.17) is 21.8 Å². The molecule has 0 aliphatic rings. The van der Waals surface area contributed by atoms with Crippen molar-refractivity contribution < 1.29 is 67.6 Å². The lowest BCUT2D eigenvalue weighted by molar-refractivity contribution is -0.143. The van der Waals surface area contributed by atoms with Crippen LogP contribution in [0.5, 0.6) is 0 Å². The van der Waals surface area contributed by atoms with E-state index in [1.807, 2.05) is 10.6 Å². The van der Waals surface area contributed by atoms with E-state index < -0.39 is 112 Å². The fourth-order valence-corrected chi connectivity index (χ4v) is 4.04. The summed E-state index contributed by atoms with van der Waals surface area (Å²) in [5.41, 5.74) is -0.490. The zero-order valence-electron chi connectivity index (χ0n) is 20.3. The van der Waals surface area contributed by atoms with Crippen LogP contribution in [0.3, 0.4) is 0 Å². The number of halogens is 2. The molecule has 0 spiro atoms. The van der Waals surface area contributed by atoms with E-state index in [-0.39, 0.29) is 5.02 Å². The third-order valence-corrected chi connectivity index (χ3v) is 6.32. The lowest BCUT2D eigenvalue weighted by Crippen LogP contribution is -2.44. The van der Waals surface area contributed by atoms with E-state index in [1.54, 1.807) is 5.09 Å². The molecule has 1 aromatic rings. The first-order valence-electron chi connectivity index (χ1n) is 11.1. The minimum atomic E-state index is -4.84. The molecule has 0 aromatic carbocycles. The normalized spacial score (nSPS) is 14.7. The predicted molar refractivity (Wildman–Crippen MR) is 129 cm³/mol. The number of carbonyl (C=O) groups is 6. The smallest absolute Gasteiger partial charge is 0.403 e. The summed E-state index contributed by atoms with van der Waals surface area (Å²) in [6.45, 7) is -0.776. The maximum Gasteiger partial charge on any atom is 0.403 e. The van der Waals surface area contributed by atoms with E-state index in [2.05, 4.69) is 9.51 Å². The topological polar surface area (TPSA) is 279 Å². The molecule has 1 rings (SSSR count). The largest absolute Gasteiger partial charge is 0.481 e. The molecule has 0 fully saturated rings. The zero-order chi connectivity index (χ0) is 30.6. The van der Waals surface area contributed by atoms with E-state index in [1.165, 1.54) is 0 Å². The number of rotatable bonds is 18. The predicted octanol–water partition coefficient (Wildman–Crippen LogP) is -0.179. The molecule has 0 aliphatic heterocycles. The fraction of sp³-hybridized carbons (Fsp3) is 0.450. The lowest BCUT2D eigenvalue weighted by Gasteiger charge is -2.20. The number of hydrogen-bond acceptors (Lipinski definition) is 9. The Morgan fingerprint density at radius 1 is 0.900 bits per heavy atom. The first kappa shape index (κ1) is 34.3. The molecule has 222 valence electrons. The SMILES string of the molecule is O=C(O)CCC(NP(=O)(O)OCCC(NC(=O)CC[C@H](NC(=O)c1ccc(Cl)c(F)n1)C(=O)O)C(=O)O)C(=O)O. The average Bonchev–Trinajstić information content (AvgIpc) is 2.84. The third kappa shape index (κ3) is 12.4. The van der Waals surface area contributed by atoms with Crippen molar-refractivity contribution in [3.63, 3.8) is 0 Å². The van der Waals surface area contributed by atoms with Crippen molar-refractivity contribution in [3.05, 3.63) is 28.8 Å². The van der Waals surface area contributed by atoms with Gasteiger partial charge < -0.3 is 36.0 Å². The number of nitrogens with zero attached hydrogens (tertiary/aromatic N) is 1. The summed E-state index contributed by atoms with van der Waals surface area (Å²) in [6.07, 6.45) is -2.91. The maximum absolute atomic E-state index is 13.4. The molecule has 0 radical (unpaired) electrons. The molecule has 0 bridgehead atoms. The van der Waals surface area contributed by atoms with Crippen molar-refractivity contribution in [2.75, 3.05) is 6.61 Å². The Hall–Kier alpha value is -3.70. The molecule has 20 heteroatoms.